The van der Waals surface area contributed by atoms with Crippen molar-refractivity contribution in [1.29, 1.82) is 0 Å². The first-order valence-corrected chi connectivity index (χ1v) is 25.7. The van der Waals surface area contributed by atoms with Gasteiger partial charge in [0, 0.05) is 27.5 Å². The van der Waals surface area contributed by atoms with Crippen LogP contribution in [-0.4, -0.2) is 8.07 Å². The normalized spacial score (nSPS) is 11.8. The second kappa shape index (κ2) is 16.8. The van der Waals surface area contributed by atoms with E-state index in [2.05, 4.69) is 278 Å². The van der Waals surface area contributed by atoms with Crippen molar-refractivity contribution >= 4 is 100 Å². The lowest BCUT2D eigenvalue weighted by molar-refractivity contribution is 0.673. The maximum absolute atomic E-state index is 7.02. The zero-order chi connectivity index (χ0) is 45.7. The second-order valence-corrected chi connectivity index (χ2v) is 21.8. The van der Waals surface area contributed by atoms with Gasteiger partial charge < -0.3 is 9.32 Å². The maximum Gasteiger partial charge on any atom is 0.179 e. The van der Waals surface area contributed by atoms with Gasteiger partial charge in [-0.2, -0.15) is 0 Å². The number of rotatable bonds is 9. The highest BCUT2D eigenvalue weighted by Gasteiger charge is 2.41. The van der Waals surface area contributed by atoms with Crippen molar-refractivity contribution in [3.05, 3.63) is 273 Å². The molecule has 0 saturated heterocycles. The average molecular weight is 896 g/mol. The van der Waals surface area contributed by atoms with Gasteiger partial charge in [0.25, 0.3) is 0 Å². The zero-order valence-electron chi connectivity index (χ0n) is 37.8. The summed E-state index contributed by atoms with van der Waals surface area (Å²) in [5.41, 5.74) is 9.62. The molecular formula is C66H45NOSi. The van der Waals surface area contributed by atoms with E-state index in [1.54, 1.807) is 0 Å². The van der Waals surface area contributed by atoms with Crippen LogP contribution in [0, 0.1) is 0 Å². The number of nitrogens with zero attached hydrogens (tertiary/aromatic N) is 1. The van der Waals surface area contributed by atoms with Gasteiger partial charge in [0.05, 0.1) is 5.69 Å². The lowest BCUT2D eigenvalue weighted by atomic mass is 9.94. The summed E-state index contributed by atoms with van der Waals surface area (Å²) in [5.74, 6) is 0. The SMILES string of the molecule is c1ccc(-c2ccccc2-c2ccc(N(c3ccc4c(ccc5cc([Si](c6ccccc6)(c6ccccc6)c6ccccc6)ccc54)c3)c3cccc4c3oc3c5ccccc5ccc43)cc2)cc1. The monoisotopic (exact) mass is 895 g/mol. The minimum absolute atomic E-state index is 0.858. The topological polar surface area (TPSA) is 16.4 Å². The van der Waals surface area contributed by atoms with E-state index >= 15 is 0 Å². The van der Waals surface area contributed by atoms with E-state index in [1.165, 1.54) is 59.0 Å². The van der Waals surface area contributed by atoms with Crippen molar-refractivity contribution in [1.82, 2.24) is 0 Å². The number of anilines is 3. The molecular weight excluding hydrogens is 851 g/mol. The molecule has 13 rings (SSSR count). The minimum Gasteiger partial charge on any atom is -0.453 e. The highest BCUT2D eigenvalue weighted by Crippen LogP contribution is 2.45. The van der Waals surface area contributed by atoms with E-state index < -0.39 is 8.07 Å². The number of para-hydroxylation sites is 1. The average Bonchev–Trinajstić information content (AvgIpc) is 3.83. The van der Waals surface area contributed by atoms with Crippen molar-refractivity contribution in [2.45, 2.75) is 0 Å². The third kappa shape index (κ3) is 6.78. The Balaban J connectivity index is 0.977. The van der Waals surface area contributed by atoms with Gasteiger partial charge in [0.15, 0.2) is 13.7 Å². The van der Waals surface area contributed by atoms with Crippen LogP contribution in [0.2, 0.25) is 0 Å². The van der Waals surface area contributed by atoms with Crippen molar-refractivity contribution in [3.8, 4) is 22.3 Å². The summed E-state index contributed by atoms with van der Waals surface area (Å²) >= 11 is 0. The lowest BCUT2D eigenvalue weighted by Crippen LogP contribution is -2.74. The van der Waals surface area contributed by atoms with Crippen LogP contribution in [0.4, 0.5) is 17.1 Å². The van der Waals surface area contributed by atoms with Gasteiger partial charge in [-0.15, -0.1) is 0 Å². The van der Waals surface area contributed by atoms with Crippen LogP contribution in [0.25, 0.3) is 76.5 Å². The Kier molecular flexibility index (Phi) is 9.88. The molecule has 0 amide bonds. The molecule has 0 spiro atoms. The van der Waals surface area contributed by atoms with Crippen molar-refractivity contribution < 1.29 is 4.42 Å². The highest BCUT2D eigenvalue weighted by molar-refractivity contribution is 7.20. The molecule has 2 nitrogen and oxygen atoms in total. The summed E-state index contributed by atoms with van der Waals surface area (Å²) in [6, 6.07) is 100. The molecule has 0 aliphatic rings. The van der Waals surface area contributed by atoms with E-state index in [1.807, 2.05) is 0 Å². The Morgan fingerprint density at radius 1 is 0.275 bits per heavy atom. The molecule has 324 valence electrons. The Hall–Kier alpha value is -8.76. The van der Waals surface area contributed by atoms with Crippen molar-refractivity contribution in [2.75, 3.05) is 4.90 Å². The lowest BCUT2D eigenvalue weighted by Gasteiger charge is -2.34. The van der Waals surface area contributed by atoms with Crippen molar-refractivity contribution in [2.24, 2.45) is 0 Å². The van der Waals surface area contributed by atoms with Crippen LogP contribution >= 0.6 is 0 Å². The molecule has 0 aliphatic heterocycles. The molecule has 3 heteroatoms. The van der Waals surface area contributed by atoms with Gasteiger partial charge in [-0.25, -0.2) is 0 Å². The van der Waals surface area contributed by atoms with Gasteiger partial charge in [0.2, 0.25) is 0 Å². The summed E-state index contributed by atoms with van der Waals surface area (Å²) < 4.78 is 7.02. The van der Waals surface area contributed by atoms with Crippen LogP contribution in [-0.2, 0) is 0 Å². The van der Waals surface area contributed by atoms with Crippen LogP contribution in [0.1, 0.15) is 0 Å². The predicted molar refractivity (Wildman–Crippen MR) is 295 cm³/mol. The maximum atomic E-state index is 7.02. The number of fused-ring (bicyclic) bond motifs is 8. The van der Waals surface area contributed by atoms with E-state index in [-0.39, 0.29) is 0 Å². The Morgan fingerprint density at radius 2 is 0.754 bits per heavy atom. The molecule has 1 aromatic heterocycles. The fourth-order valence-corrected chi connectivity index (χ4v) is 15.8. The zero-order valence-corrected chi connectivity index (χ0v) is 38.8. The van der Waals surface area contributed by atoms with E-state index in [4.69, 9.17) is 4.42 Å². The van der Waals surface area contributed by atoms with Gasteiger partial charge in [-0.1, -0.05) is 237 Å². The Morgan fingerprint density at radius 3 is 1.41 bits per heavy atom. The van der Waals surface area contributed by atoms with Gasteiger partial charge in [0.1, 0.15) is 5.58 Å². The molecule has 0 N–H and O–H groups in total. The summed E-state index contributed by atoms with van der Waals surface area (Å²) in [6.45, 7) is 0. The van der Waals surface area contributed by atoms with E-state index in [0.717, 1.165) is 55.3 Å². The van der Waals surface area contributed by atoms with E-state index in [9.17, 15) is 0 Å². The number of hydrogen-bond acceptors (Lipinski definition) is 2. The highest BCUT2D eigenvalue weighted by atomic mass is 28.3. The van der Waals surface area contributed by atoms with Gasteiger partial charge >= 0.3 is 0 Å². The Bertz CT molecular complexity index is 3900. The van der Waals surface area contributed by atoms with E-state index in [0.29, 0.717) is 0 Å². The predicted octanol–water partition coefficient (Wildman–Crippen LogP) is 15.2. The van der Waals surface area contributed by atoms with Crippen molar-refractivity contribution in [3.63, 3.8) is 0 Å². The molecule has 13 aromatic rings. The van der Waals surface area contributed by atoms with Gasteiger partial charge in [-0.05, 0) is 106 Å². The molecule has 12 aromatic carbocycles. The molecule has 0 aliphatic carbocycles. The first-order valence-electron chi connectivity index (χ1n) is 23.7. The van der Waals surface area contributed by atoms with Crippen LogP contribution in [0.5, 0.6) is 0 Å². The van der Waals surface area contributed by atoms with Gasteiger partial charge in [-0.3, -0.25) is 0 Å². The smallest absolute Gasteiger partial charge is 0.179 e. The molecule has 1 heterocycles. The first-order chi connectivity index (χ1) is 34.2. The fraction of sp³-hybridized carbons (Fsp3) is 0. The summed E-state index contributed by atoms with van der Waals surface area (Å²) in [5, 5.41) is 14.8. The standard InChI is InChI=1S/C66H45NOSi/c1-5-18-46(19-6-1)57-27-15-16-28-58(57)48-34-37-51(38-35-48)67(64-31-17-30-62-63-41-36-47-20-13-14-29-61(47)65(63)68-66(62)64)52-39-42-59-49(44-52)32-33-50-45-56(40-43-60(50)59)69(53-21-7-2-8-22-53,54-23-9-3-10-24-54)55-25-11-4-12-26-55/h1-45H. The largest absolute Gasteiger partial charge is 0.453 e. The molecule has 69 heavy (non-hydrogen) atoms. The quantitative estimate of drug-likeness (QED) is 0.0815. The summed E-state index contributed by atoms with van der Waals surface area (Å²) in [4.78, 5) is 2.37. The molecule has 0 bridgehead atoms. The second-order valence-electron chi connectivity index (χ2n) is 18.0. The minimum atomic E-state index is -2.70. The summed E-state index contributed by atoms with van der Waals surface area (Å²) in [6.07, 6.45) is 0. The fourth-order valence-electron chi connectivity index (χ4n) is 11.0. The molecule has 0 unspecified atom stereocenters. The summed E-state index contributed by atoms with van der Waals surface area (Å²) in [7, 11) is -2.70. The molecule has 0 radical (unpaired) electrons. The third-order valence-corrected chi connectivity index (χ3v) is 19.0. The third-order valence-electron chi connectivity index (χ3n) is 14.2. The van der Waals surface area contributed by atoms with Crippen LogP contribution in [0.3, 0.4) is 0 Å². The molecule has 0 atom stereocenters. The number of hydrogen-bond donors (Lipinski definition) is 0. The number of benzene rings is 12. The molecule has 0 fully saturated rings. The Labute approximate surface area is 402 Å². The number of furan rings is 1. The van der Waals surface area contributed by atoms with Crippen LogP contribution < -0.4 is 25.6 Å². The first kappa shape index (κ1) is 40.5. The molecule has 0 saturated carbocycles. The van der Waals surface area contributed by atoms with Crippen LogP contribution in [0.15, 0.2) is 277 Å².